The number of guanidine groups is 1. The molecule has 0 amide bonds. The number of sulfonamides is 1. The van der Waals surface area contributed by atoms with E-state index in [0.29, 0.717) is 30.6 Å². The highest BCUT2D eigenvalue weighted by molar-refractivity contribution is 7.89. The summed E-state index contributed by atoms with van der Waals surface area (Å²) in [7, 11) is -1.70. The average molecular weight is 403 g/mol. The van der Waals surface area contributed by atoms with Crippen LogP contribution in [0.5, 0.6) is 0 Å². The van der Waals surface area contributed by atoms with E-state index in [-0.39, 0.29) is 24.5 Å². The zero-order chi connectivity index (χ0) is 19.2. The maximum Gasteiger partial charge on any atom is 0.216 e. The second kappa shape index (κ2) is 9.55. The van der Waals surface area contributed by atoms with Crippen molar-refractivity contribution in [3.63, 3.8) is 0 Å². The lowest BCUT2D eigenvalue weighted by molar-refractivity contribution is -0.0440. The molecular formula is C17H27ClN4O3S. The molecule has 2 N–H and O–H groups in total. The Balaban J connectivity index is 1.82. The second-order valence-electron chi connectivity index (χ2n) is 6.33. The molecule has 1 heterocycles. The van der Waals surface area contributed by atoms with E-state index in [2.05, 4.69) is 15.6 Å². The fourth-order valence-corrected chi connectivity index (χ4v) is 4.52. The third kappa shape index (κ3) is 6.12. The first-order valence-corrected chi connectivity index (χ1v) is 10.6. The van der Waals surface area contributed by atoms with Crippen molar-refractivity contribution in [3.8, 4) is 0 Å². The first kappa shape index (κ1) is 21.0. The van der Waals surface area contributed by atoms with Gasteiger partial charge in [0.15, 0.2) is 5.96 Å². The third-order valence-electron chi connectivity index (χ3n) is 4.06. The fraction of sp³-hybridized carbons (Fsp3) is 0.588. The summed E-state index contributed by atoms with van der Waals surface area (Å²) in [6, 6.07) is 7.53. The van der Waals surface area contributed by atoms with Crippen molar-refractivity contribution in [2.45, 2.75) is 32.6 Å². The standard InChI is InChI=1S/C17H27ClN4O3S/c1-13-11-22(12-14(2)25-13)26(23,24)9-8-20-17(19-3)21-10-15-6-4-5-7-16(15)18/h4-7,13-14H,8-12H2,1-3H3,(H2,19,20,21). The molecule has 7 nitrogen and oxygen atoms in total. The number of aliphatic imine (C=N–C) groups is 1. The van der Waals surface area contributed by atoms with Crippen LogP contribution >= 0.6 is 11.6 Å². The van der Waals surface area contributed by atoms with E-state index in [0.717, 1.165) is 5.56 Å². The van der Waals surface area contributed by atoms with Crippen molar-refractivity contribution in [1.82, 2.24) is 14.9 Å². The van der Waals surface area contributed by atoms with Crippen LogP contribution in [-0.2, 0) is 21.3 Å². The number of rotatable bonds is 6. The molecule has 0 radical (unpaired) electrons. The molecular weight excluding hydrogens is 376 g/mol. The van der Waals surface area contributed by atoms with E-state index >= 15 is 0 Å². The molecule has 1 aromatic rings. The summed E-state index contributed by atoms with van der Waals surface area (Å²) in [4.78, 5) is 4.11. The summed E-state index contributed by atoms with van der Waals surface area (Å²) in [5.41, 5.74) is 0.945. The Kier molecular flexibility index (Phi) is 7.69. The van der Waals surface area contributed by atoms with Crippen molar-refractivity contribution >= 4 is 27.6 Å². The highest BCUT2D eigenvalue weighted by atomic mass is 35.5. The summed E-state index contributed by atoms with van der Waals surface area (Å²) < 4.78 is 32.1. The van der Waals surface area contributed by atoms with Gasteiger partial charge in [-0.05, 0) is 25.5 Å². The molecule has 2 rings (SSSR count). The van der Waals surface area contributed by atoms with Crippen molar-refractivity contribution in [1.29, 1.82) is 0 Å². The quantitative estimate of drug-likeness (QED) is 0.555. The maximum absolute atomic E-state index is 12.5. The minimum Gasteiger partial charge on any atom is -0.373 e. The van der Waals surface area contributed by atoms with Crippen LogP contribution in [0.3, 0.4) is 0 Å². The zero-order valence-corrected chi connectivity index (χ0v) is 17.0. The maximum atomic E-state index is 12.5. The SMILES string of the molecule is CN=C(NCCS(=O)(=O)N1CC(C)OC(C)C1)NCc1ccccc1Cl. The van der Waals surface area contributed by atoms with E-state index in [1.54, 1.807) is 7.05 Å². The lowest BCUT2D eigenvalue weighted by Crippen LogP contribution is -2.50. The molecule has 9 heteroatoms. The molecule has 0 spiro atoms. The van der Waals surface area contributed by atoms with E-state index in [1.165, 1.54) is 4.31 Å². The molecule has 2 atom stereocenters. The van der Waals surface area contributed by atoms with E-state index in [1.807, 2.05) is 38.1 Å². The number of hydrogen-bond acceptors (Lipinski definition) is 4. The third-order valence-corrected chi connectivity index (χ3v) is 6.23. The number of nitrogens with one attached hydrogen (secondary N) is 2. The Labute approximate surface area is 160 Å². The van der Waals surface area contributed by atoms with Crippen LogP contribution in [0, 0.1) is 0 Å². The van der Waals surface area contributed by atoms with Crippen LogP contribution in [-0.4, -0.2) is 63.3 Å². The Morgan fingerprint density at radius 1 is 1.27 bits per heavy atom. The van der Waals surface area contributed by atoms with Crippen LogP contribution in [0.25, 0.3) is 0 Å². The minimum atomic E-state index is -3.34. The number of hydrogen-bond donors (Lipinski definition) is 2. The normalized spacial score (nSPS) is 22.2. The van der Waals surface area contributed by atoms with Gasteiger partial charge in [0.25, 0.3) is 0 Å². The van der Waals surface area contributed by atoms with Gasteiger partial charge in [-0.2, -0.15) is 4.31 Å². The largest absolute Gasteiger partial charge is 0.373 e. The van der Waals surface area contributed by atoms with Gasteiger partial charge in [-0.1, -0.05) is 29.8 Å². The van der Waals surface area contributed by atoms with Crippen LogP contribution < -0.4 is 10.6 Å². The van der Waals surface area contributed by atoms with Crippen molar-refractivity contribution in [2.75, 3.05) is 32.4 Å². The van der Waals surface area contributed by atoms with Crippen molar-refractivity contribution in [2.24, 2.45) is 4.99 Å². The Morgan fingerprint density at radius 3 is 2.54 bits per heavy atom. The fourth-order valence-electron chi connectivity index (χ4n) is 2.83. The van der Waals surface area contributed by atoms with Gasteiger partial charge in [0, 0.05) is 38.2 Å². The first-order chi connectivity index (χ1) is 12.3. The summed E-state index contributed by atoms with van der Waals surface area (Å²) in [5, 5.41) is 6.84. The molecule has 1 fully saturated rings. The summed E-state index contributed by atoms with van der Waals surface area (Å²) in [5.74, 6) is 0.531. The minimum absolute atomic E-state index is 0.000761. The molecule has 26 heavy (non-hydrogen) atoms. The van der Waals surface area contributed by atoms with Gasteiger partial charge in [-0.3, -0.25) is 4.99 Å². The molecule has 2 unspecified atom stereocenters. The lowest BCUT2D eigenvalue weighted by atomic mass is 10.2. The lowest BCUT2D eigenvalue weighted by Gasteiger charge is -2.34. The molecule has 146 valence electrons. The predicted molar refractivity (Wildman–Crippen MR) is 105 cm³/mol. The number of ether oxygens (including phenoxy) is 1. The van der Waals surface area contributed by atoms with Gasteiger partial charge < -0.3 is 15.4 Å². The van der Waals surface area contributed by atoms with Crippen LogP contribution in [0.4, 0.5) is 0 Å². The van der Waals surface area contributed by atoms with E-state index in [9.17, 15) is 8.42 Å². The molecule has 1 aliphatic rings. The number of benzene rings is 1. The summed E-state index contributed by atoms with van der Waals surface area (Å²) in [6.07, 6.45) is -0.182. The molecule has 0 saturated carbocycles. The molecule has 0 aliphatic carbocycles. The zero-order valence-electron chi connectivity index (χ0n) is 15.4. The van der Waals surface area contributed by atoms with E-state index in [4.69, 9.17) is 16.3 Å². The van der Waals surface area contributed by atoms with Crippen molar-refractivity contribution in [3.05, 3.63) is 34.9 Å². The topological polar surface area (TPSA) is 83.0 Å². The molecule has 0 aromatic heterocycles. The van der Waals surface area contributed by atoms with E-state index < -0.39 is 10.0 Å². The van der Waals surface area contributed by atoms with Gasteiger partial charge in [0.05, 0.1) is 18.0 Å². The van der Waals surface area contributed by atoms with Gasteiger partial charge in [-0.25, -0.2) is 8.42 Å². The second-order valence-corrected chi connectivity index (χ2v) is 8.83. The first-order valence-electron chi connectivity index (χ1n) is 8.63. The Bertz CT molecular complexity index is 716. The van der Waals surface area contributed by atoms with Crippen molar-refractivity contribution < 1.29 is 13.2 Å². The number of halogens is 1. The van der Waals surface area contributed by atoms with Crippen LogP contribution in [0.1, 0.15) is 19.4 Å². The molecule has 1 aromatic carbocycles. The molecule has 1 aliphatic heterocycles. The van der Waals surface area contributed by atoms with Crippen LogP contribution in [0.15, 0.2) is 29.3 Å². The number of morpholine rings is 1. The Hall–Kier alpha value is -1.35. The molecule has 0 bridgehead atoms. The van der Waals surface area contributed by atoms with Gasteiger partial charge >= 0.3 is 0 Å². The van der Waals surface area contributed by atoms with Gasteiger partial charge in [0.1, 0.15) is 0 Å². The smallest absolute Gasteiger partial charge is 0.216 e. The predicted octanol–water partition coefficient (Wildman–Crippen LogP) is 1.44. The monoisotopic (exact) mass is 402 g/mol. The van der Waals surface area contributed by atoms with Crippen LogP contribution in [0.2, 0.25) is 5.02 Å². The summed E-state index contributed by atoms with van der Waals surface area (Å²) in [6.45, 7) is 5.33. The van der Waals surface area contributed by atoms with Gasteiger partial charge in [0.2, 0.25) is 10.0 Å². The van der Waals surface area contributed by atoms with Gasteiger partial charge in [-0.15, -0.1) is 0 Å². The Morgan fingerprint density at radius 2 is 1.92 bits per heavy atom. The average Bonchev–Trinajstić information content (AvgIpc) is 2.58. The molecule has 1 saturated heterocycles. The summed E-state index contributed by atoms with van der Waals surface area (Å²) >= 11 is 6.13. The highest BCUT2D eigenvalue weighted by Crippen LogP contribution is 2.15. The number of nitrogens with zero attached hydrogens (tertiary/aromatic N) is 2. The highest BCUT2D eigenvalue weighted by Gasteiger charge is 2.30.